The van der Waals surface area contributed by atoms with E-state index >= 15 is 0 Å². The van der Waals surface area contributed by atoms with Crippen molar-refractivity contribution >= 4 is 17.8 Å². The summed E-state index contributed by atoms with van der Waals surface area (Å²) in [7, 11) is 0. The number of esters is 2. The van der Waals surface area contributed by atoms with Gasteiger partial charge in [0.2, 0.25) is 0 Å². The van der Waals surface area contributed by atoms with Gasteiger partial charge in [-0.2, -0.15) is 0 Å². The summed E-state index contributed by atoms with van der Waals surface area (Å²) in [6.45, 7) is 4.07. The minimum Gasteiger partial charge on any atom is -0.448 e. The van der Waals surface area contributed by atoms with Gasteiger partial charge >= 0.3 is 11.9 Å². The van der Waals surface area contributed by atoms with Gasteiger partial charge in [0.05, 0.1) is 0 Å². The number of carbonyl (C=O) groups is 3. The van der Waals surface area contributed by atoms with E-state index in [0.29, 0.717) is 12.3 Å². The Labute approximate surface area is 128 Å². The van der Waals surface area contributed by atoms with Crippen LogP contribution in [-0.4, -0.2) is 30.5 Å². The average Bonchev–Trinajstić information content (AvgIpc) is 2.73. The van der Waals surface area contributed by atoms with Gasteiger partial charge in [-0.15, -0.1) is 0 Å². The van der Waals surface area contributed by atoms with Crippen molar-refractivity contribution in [2.24, 2.45) is 5.41 Å². The van der Waals surface area contributed by atoms with Gasteiger partial charge in [0.15, 0.2) is 6.10 Å². The molecule has 0 radical (unpaired) electrons. The molecule has 1 aliphatic rings. The molecule has 1 fully saturated rings. The zero-order valence-electron chi connectivity index (χ0n) is 12.4. The number of hydrogen-bond acceptors (Lipinski definition) is 5. The van der Waals surface area contributed by atoms with Crippen molar-refractivity contribution in [1.29, 1.82) is 0 Å². The quantitative estimate of drug-likeness (QED) is 0.514. The molecular weight excluding hydrogens is 286 g/mol. The normalized spacial score (nSPS) is 19.7. The van der Waals surface area contributed by atoms with Crippen molar-refractivity contribution < 1.29 is 23.9 Å². The van der Waals surface area contributed by atoms with Crippen molar-refractivity contribution in [3.05, 3.63) is 42.5 Å². The number of amides is 1. The van der Waals surface area contributed by atoms with Gasteiger partial charge < -0.3 is 14.8 Å². The third-order valence-corrected chi connectivity index (χ3v) is 3.22. The van der Waals surface area contributed by atoms with Crippen molar-refractivity contribution in [3.63, 3.8) is 0 Å². The van der Waals surface area contributed by atoms with E-state index in [2.05, 4.69) is 5.32 Å². The molecule has 0 aliphatic carbocycles. The van der Waals surface area contributed by atoms with Crippen molar-refractivity contribution in [2.75, 3.05) is 6.54 Å². The molecule has 22 heavy (non-hydrogen) atoms. The topological polar surface area (TPSA) is 81.7 Å². The molecule has 1 aliphatic heterocycles. The van der Waals surface area contributed by atoms with Crippen molar-refractivity contribution in [3.8, 4) is 5.75 Å². The van der Waals surface area contributed by atoms with Crippen molar-refractivity contribution in [1.82, 2.24) is 5.32 Å². The number of hydrogen-bond donors (Lipinski definition) is 1. The predicted molar refractivity (Wildman–Crippen MR) is 77.9 cm³/mol. The summed E-state index contributed by atoms with van der Waals surface area (Å²) in [4.78, 5) is 34.8. The second kappa shape index (κ2) is 6.43. The van der Waals surface area contributed by atoms with Gasteiger partial charge in [-0.05, 0) is 12.1 Å². The third kappa shape index (κ3) is 3.94. The molecule has 2 rings (SSSR count). The summed E-state index contributed by atoms with van der Waals surface area (Å²) in [6.07, 6.45) is 1.05. The molecule has 1 saturated heterocycles. The number of nitrogens with one attached hydrogen (secondary N) is 1. The van der Waals surface area contributed by atoms with Crippen LogP contribution in [0.1, 0.15) is 13.8 Å². The molecule has 116 valence electrons. The largest absolute Gasteiger partial charge is 0.448 e. The number of benzene rings is 1. The second-order valence-electron chi connectivity index (χ2n) is 5.59. The van der Waals surface area contributed by atoms with Crippen LogP contribution in [0.3, 0.4) is 0 Å². The van der Waals surface area contributed by atoms with Crippen LogP contribution in [0.25, 0.3) is 0 Å². The maximum Gasteiger partial charge on any atom is 0.336 e. The Morgan fingerprint density at radius 2 is 1.82 bits per heavy atom. The van der Waals surface area contributed by atoms with E-state index in [1.54, 1.807) is 30.3 Å². The maximum absolute atomic E-state index is 11.7. The highest BCUT2D eigenvalue weighted by Gasteiger charge is 2.43. The monoisotopic (exact) mass is 303 g/mol. The SMILES string of the molecule is CC1(C)CNC(=O)C1OC(=O)/C=C/C(=O)Oc1ccccc1. The fraction of sp³-hybridized carbons (Fsp3) is 0.312. The minimum absolute atomic E-state index is 0.335. The predicted octanol–water partition coefficient (Wildman–Crippen LogP) is 1.22. The summed E-state index contributed by atoms with van der Waals surface area (Å²) in [5, 5.41) is 2.63. The highest BCUT2D eigenvalue weighted by atomic mass is 16.6. The van der Waals surface area contributed by atoms with Gasteiger partial charge in [-0.25, -0.2) is 9.59 Å². The summed E-state index contributed by atoms with van der Waals surface area (Å²) in [5.41, 5.74) is -0.481. The highest BCUT2D eigenvalue weighted by Crippen LogP contribution is 2.27. The summed E-state index contributed by atoms with van der Waals surface area (Å²) >= 11 is 0. The van der Waals surface area contributed by atoms with Crippen LogP contribution >= 0.6 is 0 Å². The minimum atomic E-state index is -0.866. The van der Waals surface area contributed by atoms with Gasteiger partial charge in [0.1, 0.15) is 5.75 Å². The zero-order chi connectivity index (χ0) is 16.2. The maximum atomic E-state index is 11.7. The molecule has 1 unspecified atom stereocenters. The Balaban J connectivity index is 1.89. The fourth-order valence-corrected chi connectivity index (χ4v) is 2.00. The lowest BCUT2D eigenvalue weighted by atomic mass is 9.90. The van der Waals surface area contributed by atoms with Gasteiger partial charge in [-0.1, -0.05) is 32.0 Å². The lowest BCUT2D eigenvalue weighted by Crippen LogP contribution is -2.35. The molecule has 1 aromatic carbocycles. The van der Waals surface area contributed by atoms with Crippen LogP contribution < -0.4 is 10.1 Å². The van der Waals surface area contributed by atoms with Gasteiger partial charge in [0, 0.05) is 24.1 Å². The van der Waals surface area contributed by atoms with E-state index in [1.165, 1.54) is 0 Å². The van der Waals surface area contributed by atoms with E-state index in [1.807, 2.05) is 13.8 Å². The van der Waals surface area contributed by atoms with E-state index in [9.17, 15) is 14.4 Å². The molecule has 0 aromatic heterocycles. The first-order chi connectivity index (χ1) is 10.4. The lowest BCUT2D eigenvalue weighted by molar-refractivity contribution is -0.153. The van der Waals surface area contributed by atoms with Crippen LogP contribution in [0.2, 0.25) is 0 Å². The molecular formula is C16H17NO5. The first-order valence-corrected chi connectivity index (χ1v) is 6.82. The molecule has 1 N–H and O–H groups in total. The van der Waals surface area contributed by atoms with Crippen LogP contribution in [0.5, 0.6) is 5.75 Å². The van der Waals surface area contributed by atoms with Crippen LogP contribution in [0.4, 0.5) is 0 Å². The summed E-state index contributed by atoms with van der Waals surface area (Å²) in [6, 6.07) is 8.48. The molecule has 0 saturated carbocycles. The second-order valence-corrected chi connectivity index (χ2v) is 5.59. The highest BCUT2D eigenvalue weighted by molar-refractivity contribution is 5.94. The summed E-state index contributed by atoms with van der Waals surface area (Å²) in [5.74, 6) is -1.42. The van der Waals surface area contributed by atoms with Crippen molar-refractivity contribution in [2.45, 2.75) is 20.0 Å². The van der Waals surface area contributed by atoms with Crippen LogP contribution in [0, 0.1) is 5.41 Å². The van der Waals surface area contributed by atoms with E-state index in [4.69, 9.17) is 9.47 Å². The number of carbonyl (C=O) groups excluding carboxylic acids is 3. The Bertz CT molecular complexity index is 606. The number of para-hydroxylation sites is 1. The average molecular weight is 303 g/mol. The fourth-order valence-electron chi connectivity index (χ4n) is 2.00. The summed E-state index contributed by atoms with van der Waals surface area (Å²) < 4.78 is 10.1. The molecule has 1 aromatic rings. The first-order valence-electron chi connectivity index (χ1n) is 6.82. The molecule has 6 nitrogen and oxygen atoms in total. The first kappa shape index (κ1) is 15.8. The Morgan fingerprint density at radius 3 is 2.41 bits per heavy atom. The number of ether oxygens (including phenoxy) is 2. The smallest absolute Gasteiger partial charge is 0.336 e. The van der Waals surface area contributed by atoms with Crippen LogP contribution in [0.15, 0.2) is 42.5 Å². The van der Waals surface area contributed by atoms with E-state index in [0.717, 1.165) is 12.2 Å². The lowest BCUT2D eigenvalue weighted by Gasteiger charge is -2.22. The Morgan fingerprint density at radius 1 is 1.18 bits per heavy atom. The molecule has 1 heterocycles. The molecule has 1 amide bonds. The molecule has 6 heteroatoms. The van der Waals surface area contributed by atoms with Crippen LogP contribution in [-0.2, 0) is 19.1 Å². The molecule has 1 atom stereocenters. The van der Waals surface area contributed by atoms with E-state index < -0.39 is 23.5 Å². The Hall–Kier alpha value is -2.63. The standard InChI is InChI=1S/C16H17NO5/c1-16(2)10-17-15(20)14(16)22-13(19)9-8-12(18)21-11-6-4-3-5-7-11/h3-9,14H,10H2,1-2H3,(H,17,20)/b9-8+. The number of rotatable bonds is 4. The van der Waals surface area contributed by atoms with Gasteiger partial charge in [0.25, 0.3) is 5.91 Å². The van der Waals surface area contributed by atoms with E-state index in [-0.39, 0.29) is 5.91 Å². The molecule has 0 spiro atoms. The Kier molecular flexibility index (Phi) is 4.60. The molecule has 0 bridgehead atoms. The zero-order valence-corrected chi connectivity index (χ0v) is 12.4. The third-order valence-electron chi connectivity index (χ3n) is 3.22. The van der Waals surface area contributed by atoms with Gasteiger partial charge in [-0.3, -0.25) is 4.79 Å².